The monoisotopic (exact) mass is 317 g/mol. The molecule has 1 fully saturated rings. The van der Waals surface area contributed by atoms with Gasteiger partial charge in [0.1, 0.15) is 0 Å². The number of benzene rings is 1. The minimum absolute atomic E-state index is 0.225. The third kappa shape index (κ3) is 3.48. The van der Waals surface area contributed by atoms with E-state index >= 15 is 0 Å². The quantitative estimate of drug-likeness (QED) is 0.846. The molecule has 0 radical (unpaired) electrons. The highest BCUT2D eigenvalue weighted by molar-refractivity contribution is 7.98. The van der Waals surface area contributed by atoms with E-state index in [-0.39, 0.29) is 5.91 Å². The second kappa shape index (κ2) is 6.93. The summed E-state index contributed by atoms with van der Waals surface area (Å²) in [4.78, 5) is 13.4. The molecule has 0 unspecified atom stereocenters. The molecule has 0 spiro atoms. The van der Waals surface area contributed by atoms with Gasteiger partial charge >= 0.3 is 0 Å². The molecule has 3 rings (SSSR count). The van der Waals surface area contributed by atoms with Gasteiger partial charge in [-0.1, -0.05) is 5.21 Å². The van der Waals surface area contributed by atoms with Gasteiger partial charge in [0.05, 0.1) is 12.2 Å². The van der Waals surface area contributed by atoms with Crippen molar-refractivity contribution in [2.24, 2.45) is 0 Å². The smallest absolute Gasteiger partial charge is 0.277 e. The van der Waals surface area contributed by atoms with Gasteiger partial charge in [0, 0.05) is 10.6 Å². The average molecular weight is 317 g/mol. The lowest BCUT2D eigenvalue weighted by Gasteiger charge is -2.22. The fourth-order valence-electron chi connectivity index (χ4n) is 2.50. The van der Waals surface area contributed by atoms with Crippen LogP contribution < -0.4 is 10.6 Å². The summed E-state index contributed by atoms with van der Waals surface area (Å²) >= 11 is 1.67. The number of nitrogens with zero attached hydrogens (tertiary/aromatic N) is 3. The molecule has 2 N–H and O–H groups in total. The molecule has 116 valence electrons. The highest BCUT2D eigenvalue weighted by Crippen LogP contribution is 2.19. The minimum Gasteiger partial charge on any atom is -0.321 e. The second-order valence-electron chi connectivity index (χ2n) is 5.25. The highest BCUT2D eigenvalue weighted by Gasteiger charge is 2.18. The van der Waals surface area contributed by atoms with E-state index in [0.717, 1.165) is 36.5 Å². The van der Waals surface area contributed by atoms with Crippen molar-refractivity contribution in [3.05, 3.63) is 36.2 Å². The molecule has 2 heterocycles. The predicted octanol–water partition coefficient (Wildman–Crippen LogP) is 2.18. The topological polar surface area (TPSA) is 71.8 Å². The van der Waals surface area contributed by atoms with Gasteiger partial charge in [0.15, 0.2) is 5.69 Å². The Morgan fingerprint density at radius 3 is 2.73 bits per heavy atom. The van der Waals surface area contributed by atoms with Crippen LogP contribution in [0.3, 0.4) is 0 Å². The van der Waals surface area contributed by atoms with Crippen molar-refractivity contribution in [1.29, 1.82) is 0 Å². The number of nitrogens with one attached hydrogen (secondary N) is 2. The third-order valence-electron chi connectivity index (χ3n) is 3.77. The molecule has 0 bridgehead atoms. The van der Waals surface area contributed by atoms with Crippen molar-refractivity contribution < 1.29 is 4.79 Å². The van der Waals surface area contributed by atoms with Crippen LogP contribution in [0.4, 0.5) is 5.69 Å². The van der Waals surface area contributed by atoms with Crippen LogP contribution in [0, 0.1) is 0 Å². The molecular formula is C15H19N5OS. The molecule has 0 aliphatic carbocycles. The maximum Gasteiger partial charge on any atom is 0.277 e. The summed E-state index contributed by atoms with van der Waals surface area (Å²) in [6.45, 7) is 1.96. The van der Waals surface area contributed by atoms with Crippen molar-refractivity contribution in [2.75, 3.05) is 24.7 Å². The van der Waals surface area contributed by atoms with Crippen LogP contribution in [-0.2, 0) is 0 Å². The summed E-state index contributed by atoms with van der Waals surface area (Å²) in [5.41, 5.74) is 1.12. The number of carbonyl (C=O) groups excluding carboxylic acids is 1. The summed E-state index contributed by atoms with van der Waals surface area (Å²) in [5, 5.41) is 14.3. The summed E-state index contributed by atoms with van der Waals surface area (Å²) in [5.74, 6) is -0.225. The summed E-state index contributed by atoms with van der Waals surface area (Å²) < 4.78 is 1.81. The molecule has 2 aromatic rings. The molecule has 1 aliphatic heterocycles. The Bertz CT molecular complexity index is 634. The molecule has 1 aromatic heterocycles. The Balaban J connectivity index is 1.65. The number of carbonyl (C=O) groups is 1. The van der Waals surface area contributed by atoms with Gasteiger partial charge in [-0.15, -0.1) is 16.9 Å². The van der Waals surface area contributed by atoms with E-state index in [9.17, 15) is 4.79 Å². The third-order valence-corrected chi connectivity index (χ3v) is 4.52. The van der Waals surface area contributed by atoms with E-state index in [4.69, 9.17) is 0 Å². The van der Waals surface area contributed by atoms with Crippen molar-refractivity contribution in [2.45, 2.75) is 23.8 Å². The van der Waals surface area contributed by atoms with E-state index in [1.807, 2.05) is 35.2 Å². The van der Waals surface area contributed by atoms with Crippen LogP contribution in [0.25, 0.3) is 0 Å². The van der Waals surface area contributed by atoms with Crippen LogP contribution in [0.15, 0.2) is 35.4 Å². The zero-order valence-corrected chi connectivity index (χ0v) is 13.3. The number of aromatic nitrogens is 3. The Labute approximate surface area is 133 Å². The van der Waals surface area contributed by atoms with Crippen LogP contribution in [0.2, 0.25) is 0 Å². The fourth-order valence-corrected chi connectivity index (χ4v) is 2.91. The van der Waals surface area contributed by atoms with Crippen LogP contribution in [-0.4, -0.2) is 40.2 Å². The Morgan fingerprint density at radius 1 is 1.32 bits per heavy atom. The van der Waals surface area contributed by atoms with Gasteiger partial charge in [-0.2, -0.15) is 0 Å². The maximum atomic E-state index is 12.2. The number of hydrogen-bond acceptors (Lipinski definition) is 5. The molecule has 0 saturated carbocycles. The molecule has 22 heavy (non-hydrogen) atoms. The van der Waals surface area contributed by atoms with Crippen molar-refractivity contribution >= 4 is 23.4 Å². The average Bonchev–Trinajstić information content (AvgIpc) is 3.06. The van der Waals surface area contributed by atoms with Crippen LogP contribution >= 0.6 is 11.8 Å². The van der Waals surface area contributed by atoms with Gasteiger partial charge in [0.2, 0.25) is 0 Å². The lowest BCUT2D eigenvalue weighted by atomic mass is 10.1. The molecular weight excluding hydrogens is 298 g/mol. The molecule has 1 aromatic carbocycles. The number of thioether (sulfide) groups is 1. The zero-order chi connectivity index (χ0) is 15.4. The number of hydrogen-bond donors (Lipinski definition) is 2. The molecule has 1 amide bonds. The van der Waals surface area contributed by atoms with Gasteiger partial charge in [-0.3, -0.25) is 4.79 Å². The largest absolute Gasteiger partial charge is 0.321 e. The number of anilines is 1. The van der Waals surface area contributed by atoms with E-state index in [1.165, 1.54) is 0 Å². The molecule has 1 saturated heterocycles. The Hall–Kier alpha value is -1.86. The fraction of sp³-hybridized carbons (Fsp3) is 0.400. The first-order valence-electron chi connectivity index (χ1n) is 7.34. The van der Waals surface area contributed by atoms with Gasteiger partial charge in [-0.05, 0) is 56.5 Å². The molecule has 7 heteroatoms. The van der Waals surface area contributed by atoms with Crippen molar-refractivity contribution in [3.63, 3.8) is 0 Å². The first-order chi connectivity index (χ1) is 10.8. The maximum absolute atomic E-state index is 12.2. The molecule has 6 nitrogen and oxygen atoms in total. The first kappa shape index (κ1) is 15.1. The first-order valence-corrected chi connectivity index (χ1v) is 8.56. The second-order valence-corrected chi connectivity index (χ2v) is 6.13. The van der Waals surface area contributed by atoms with Crippen LogP contribution in [0.1, 0.15) is 29.4 Å². The van der Waals surface area contributed by atoms with Gasteiger partial charge in [0.25, 0.3) is 5.91 Å². The lowest BCUT2D eigenvalue weighted by molar-refractivity contribution is 0.102. The van der Waals surface area contributed by atoms with Crippen molar-refractivity contribution in [1.82, 2.24) is 20.3 Å². The molecule has 1 aliphatic rings. The van der Waals surface area contributed by atoms with Gasteiger partial charge in [-0.25, -0.2) is 4.68 Å². The van der Waals surface area contributed by atoms with E-state index in [2.05, 4.69) is 20.9 Å². The minimum atomic E-state index is -0.225. The van der Waals surface area contributed by atoms with Crippen LogP contribution in [0.5, 0.6) is 0 Å². The number of rotatable bonds is 4. The highest BCUT2D eigenvalue weighted by atomic mass is 32.2. The number of amides is 1. The zero-order valence-electron chi connectivity index (χ0n) is 12.5. The number of piperidine rings is 1. The van der Waals surface area contributed by atoms with E-state index < -0.39 is 0 Å². The standard InChI is InChI=1S/C15H19N5OS/c1-22-13-4-2-11(3-5-13)17-15(21)14-10-20(19-18-14)12-6-8-16-9-7-12/h2-5,10,12,16H,6-9H2,1H3,(H,17,21). The normalized spacial score (nSPS) is 15.7. The van der Waals surface area contributed by atoms with Gasteiger partial charge < -0.3 is 10.6 Å². The SMILES string of the molecule is CSc1ccc(NC(=O)c2cn(C3CCNCC3)nn2)cc1. The summed E-state index contributed by atoms with van der Waals surface area (Å²) in [6, 6.07) is 8.07. The Morgan fingerprint density at radius 2 is 2.05 bits per heavy atom. The Kier molecular flexibility index (Phi) is 4.74. The summed E-state index contributed by atoms with van der Waals surface area (Å²) in [7, 11) is 0. The van der Waals surface area contributed by atoms with Crippen molar-refractivity contribution in [3.8, 4) is 0 Å². The lowest BCUT2D eigenvalue weighted by Crippen LogP contribution is -2.29. The van der Waals surface area contributed by atoms with E-state index in [0.29, 0.717) is 11.7 Å². The molecule has 0 atom stereocenters. The predicted molar refractivity (Wildman–Crippen MR) is 87.3 cm³/mol. The summed E-state index contributed by atoms with van der Waals surface area (Å²) in [6.07, 6.45) is 5.79. The van der Waals surface area contributed by atoms with E-state index in [1.54, 1.807) is 18.0 Å².